The van der Waals surface area contributed by atoms with Crippen molar-refractivity contribution in [3.8, 4) is 5.75 Å². The minimum atomic E-state index is 0.285. The van der Waals surface area contributed by atoms with Crippen LogP contribution >= 0.6 is 23.2 Å². The van der Waals surface area contributed by atoms with Gasteiger partial charge in [0.15, 0.2) is 5.76 Å². The van der Waals surface area contributed by atoms with Crippen LogP contribution in [0, 0.1) is 0 Å². The van der Waals surface area contributed by atoms with Crippen LogP contribution in [0.15, 0.2) is 28.8 Å². The van der Waals surface area contributed by atoms with Crippen LogP contribution in [-0.2, 0) is 13.2 Å². The van der Waals surface area contributed by atoms with E-state index in [2.05, 4.69) is 10.5 Å². The van der Waals surface area contributed by atoms with E-state index in [0.717, 1.165) is 5.69 Å². The van der Waals surface area contributed by atoms with Gasteiger partial charge < -0.3 is 14.6 Å². The van der Waals surface area contributed by atoms with Crippen molar-refractivity contribution in [1.82, 2.24) is 10.5 Å². The molecule has 1 aromatic heterocycles. The molecule has 0 unspecified atom stereocenters. The van der Waals surface area contributed by atoms with Gasteiger partial charge in [-0.3, -0.25) is 0 Å². The molecule has 0 aliphatic heterocycles. The summed E-state index contributed by atoms with van der Waals surface area (Å²) in [6.45, 7) is 0.944. The second-order valence-electron chi connectivity index (χ2n) is 3.71. The topological polar surface area (TPSA) is 47.3 Å². The van der Waals surface area contributed by atoms with Gasteiger partial charge in [0.05, 0.1) is 5.69 Å². The zero-order chi connectivity index (χ0) is 13.0. The molecule has 0 saturated heterocycles. The van der Waals surface area contributed by atoms with Crippen molar-refractivity contribution in [3.05, 3.63) is 45.8 Å². The molecular formula is C12H12Cl2N2O2. The van der Waals surface area contributed by atoms with Crippen LogP contribution in [0.25, 0.3) is 0 Å². The molecular weight excluding hydrogens is 275 g/mol. The number of hydrogen-bond donors (Lipinski definition) is 1. The second kappa shape index (κ2) is 6.09. The maximum absolute atomic E-state index is 5.87. The Kier molecular flexibility index (Phi) is 4.47. The summed E-state index contributed by atoms with van der Waals surface area (Å²) in [5, 5.41) is 7.94. The number of benzene rings is 1. The first-order valence-corrected chi connectivity index (χ1v) is 6.11. The lowest BCUT2D eigenvalue weighted by Gasteiger charge is -2.04. The van der Waals surface area contributed by atoms with E-state index in [1.807, 2.05) is 13.1 Å². The smallest absolute Gasteiger partial charge is 0.174 e. The molecule has 6 heteroatoms. The molecule has 0 spiro atoms. The highest BCUT2D eigenvalue weighted by molar-refractivity contribution is 6.34. The normalized spacial score (nSPS) is 10.6. The summed E-state index contributed by atoms with van der Waals surface area (Å²) in [7, 11) is 1.85. The fourth-order valence-electron chi connectivity index (χ4n) is 1.45. The minimum absolute atomic E-state index is 0.285. The average molecular weight is 287 g/mol. The molecule has 0 radical (unpaired) electrons. The predicted octanol–water partition coefficient (Wildman–Crippen LogP) is 3.28. The SMILES string of the molecule is CNCc1cc(COc2cc(Cl)cc(Cl)c2)on1. The number of nitrogens with zero attached hydrogens (tertiary/aromatic N) is 1. The lowest BCUT2D eigenvalue weighted by Crippen LogP contribution is -2.04. The van der Waals surface area contributed by atoms with Crippen LogP contribution in [0.1, 0.15) is 11.5 Å². The molecule has 0 bridgehead atoms. The number of rotatable bonds is 5. The highest BCUT2D eigenvalue weighted by atomic mass is 35.5. The van der Waals surface area contributed by atoms with E-state index in [1.165, 1.54) is 0 Å². The highest BCUT2D eigenvalue weighted by Crippen LogP contribution is 2.24. The Bertz CT molecular complexity index is 508. The molecule has 1 heterocycles. The van der Waals surface area contributed by atoms with Crippen molar-refractivity contribution in [3.63, 3.8) is 0 Å². The quantitative estimate of drug-likeness (QED) is 0.916. The first kappa shape index (κ1) is 13.2. The maximum atomic E-state index is 5.87. The van der Waals surface area contributed by atoms with Crippen molar-refractivity contribution in [2.75, 3.05) is 7.05 Å². The summed E-state index contributed by atoms with van der Waals surface area (Å²) in [5.41, 5.74) is 0.834. The summed E-state index contributed by atoms with van der Waals surface area (Å²) in [6.07, 6.45) is 0. The highest BCUT2D eigenvalue weighted by Gasteiger charge is 2.05. The van der Waals surface area contributed by atoms with Crippen molar-refractivity contribution in [2.24, 2.45) is 0 Å². The Morgan fingerprint density at radius 1 is 1.22 bits per heavy atom. The molecule has 4 nitrogen and oxygen atoms in total. The van der Waals surface area contributed by atoms with Crippen LogP contribution in [0.2, 0.25) is 10.0 Å². The molecule has 1 aromatic carbocycles. The summed E-state index contributed by atoms with van der Waals surface area (Å²) in [4.78, 5) is 0. The number of ether oxygens (including phenoxy) is 1. The van der Waals surface area contributed by atoms with Gasteiger partial charge in [-0.2, -0.15) is 0 Å². The third-order valence-corrected chi connectivity index (χ3v) is 2.62. The van der Waals surface area contributed by atoms with Crippen LogP contribution in [0.3, 0.4) is 0 Å². The van der Waals surface area contributed by atoms with Crippen molar-refractivity contribution in [2.45, 2.75) is 13.2 Å². The number of halogens is 2. The number of nitrogens with one attached hydrogen (secondary N) is 1. The van der Waals surface area contributed by atoms with Gasteiger partial charge in [-0.15, -0.1) is 0 Å². The van der Waals surface area contributed by atoms with Crippen LogP contribution in [-0.4, -0.2) is 12.2 Å². The average Bonchev–Trinajstić information content (AvgIpc) is 2.74. The fraction of sp³-hybridized carbons (Fsp3) is 0.250. The molecule has 2 aromatic rings. The van der Waals surface area contributed by atoms with Crippen molar-refractivity contribution < 1.29 is 9.26 Å². The van der Waals surface area contributed by atoms with E-state index in [0.29, 0.717) is 28.1 Å². The Morgan fingerprint density at radius 3 is 2.61 bits per heavy atom. The number of aromatic nitrogens is 1. The van der Waals surface area contributed by atoms with E-state index in [1.54, 1.807) is 18.2 Å². The fourth-order valence-corrected chi connectivity index (χ4v) is 1.96. The summed E-state index contributed by atoms with van der Waals surface area (Å²) >= 11 is 11.7. The zero-order valence-corrected chi connectivity index (χ0v) is 11.3. The monoisotopic (exact) mass is 286 g/mol. The Labute approximate surface area is 115 Å². The maximum Gasteiger partial charge on any atom is 0.174 e. The first-order chi connectivity index (χ1) is 8.67. The van der Waals surface area contributed by atoms with Gasteiger partial charge in [0.1, 0.15) is 12.4 Å². The van der Waals surface area contributed by atoms with E-state index in [9.17, 15) is 0 Å². The van der Waals surface area contributed by atoms with Crippen LogP contribution < -0.4 is 10.1 Å². The molecule has 2 rings (SSSR count). The summed E-state index contributed by atoms with van der Waals surface area (Å²) < 4.78 is 10.6. The van der Waals surface area contributed by atoms with Crippen molar-refractivity contribution in [1.29, 1.82) is 0 Å². The predicted molar refractivity (Wildman–Crippen MR) is 70.1 cm³/mol. The molecule has 0 fully saturated rings. The van der Waals surface area contributed by atoms with Gasteiger partial charge in [0.25, 0.3) is 0 Å². The van der Waals surface area contributed by atoms with Gasteiger partial charge in [-0.1, -0.05) is 28.4 Å². The Morgan fingerprint density at radius 2 is 1.94 bits per heavy atom. The minimum Gasteiger partial charge on any atom is -0.485 e. The van der Waals surface area contributed by atoms with Crippen LogP contribution in [0.5, 0.6) is 5.75 Å². The lowest BCUT2D eigenvalue weighted by molar-refractivity contribution is 0.248. The van der Waals surface area contributed by atoms with Crippen LogP contribution in [0.4, 0.5) is 0 Å². The molecule has 0 aliphatic rings. The molecule has 0 amide bonds. The largest absolute Gasteiger partial charge is 0.485 e. The van der Waals surface area contributed by atoms with Gasteiger partial charge in [-0.05, 0) is 25.2 Å². The van der Waals surface area contributed by atoms with Gasteiger partial charge in [0, 0.05) is 22.7 Å². The third-order valence-electron chi connectivity index (χ3n) is 2.18. The number of hydrogen-bond acceptors (Lipinski definition) is 4. The van der Waals surface area contributed by atoms with E-state index in [-0.39, 0.29) is 6.61 Å². The lowest BCUT2D eigenvalue weighted by atomic mass is 10.3. The van der Waals surface area contributed by atoms with E-state index < -0.39 is 0 Å². The molecule has 96 valence electrons. The zero-order valence-electron chi connectivity index (χ0n) is 9.74. The summed E-state index contributed by atoms with van der Waals surface area (Å²) in [6, 6.07) is 6.87. The third kappa shape index (κ3) is 3.63. The molecule has 0 saturated carbocycles. The Hall–Kier alpha value is -1.23. The molecule has 0 aliphatic carbocycles. The van der Waals surface area contributed by atoms with E-state index >= 15 is 0 Å². The van der Waals surface area contributed by atoms with Gasteiger partial charge >= 0.3 is 0 Å². The second-order valence-corrected chi connectivity index (χ2v) is 4.58. The summed E-state index contributed by atoms with van der Waals surface area (Å²) in [5.74, 6) is 1.25. The Balaban J connectivity index is 1.97. The molecule has 1 N–H and O–H groups in total. The van der Waals surface area contributed by atoms with Crippen molar-refractivity contribution >= 4 is 23.2 Å². The molecule has 0 atom stereocenters. The molecule has 18 heavy (non-hydrogen) atoms. The standard InChI is InChI=1S/C12H12Cl2N2O2/c1-15-6-10-5-12(18-16-10)7-17-11-3-8(13)2-9(14)4-11/h2-5,15H,6-7H2,1H3. The van der Waals surface area contributed by atoms with E-state index in [4.69, 9.17) is 32.5 Å². The first-order valence-electron chi connectivity index (χ1n) is 5.35. The van der Waals surface area contributed by atoms with Gasteiger partial charge in [0.2, 0.25) is 0 Å². The van der Waals surface area contributed by atoms with Gasteiger partial charge in [-0.25, -0.2) is 0 Å².